The molecule has 116 valence electrons. The van der Waals surface area contributed by atoms with E-state index in [1.165, 1.54) is 3.57 Å². The molecule has 3 nitrogen and oxygen atoms in total. The predicted octanol–water partition coefficient (Wildman–Crippen LogP) is 5.80. The number of hydrogen-bond acceptors (Lipinski definition) is 1. The molecular formula is C19H11BrIN3. The molecule has 3 aromatic carbocycles. The van der Waals surface area contributed by atoms with Crippen LogP contribution in [0.5, 0.6) is 0 Å². The molecule has 5 aromatic rings. The number of hydrogen-bond donors (Lipinski definition) is 0. The van der Waals surface area contributed by atoms with Crippen LogP contribution < -0.4 is 0 Å². The molecular weight excluding hydrogens is 477 g/mol. The quantitative estimate of drug-likeness (QED) is 0.274. The van der Waals surface area contributed by atoms with Crippen molar-refractivity contribution in [2.75, 3.05) is 0 Å². The average Bonchev–Trinajstić information content (AvgIpc) is 3.08. The van der Waals surface area contributed by atoms with Gasteiger partial charge in [-0.2, -0.15) is 0 Å². The predicted molar refractivity (Wildman–Crippen MR) is 110 cm³/mol. The van der Waals surface area contributed by atoms with E-state index in [0.29, 0.717) is 0 Å². The smallest absolute Gasteiger partial charge is 0.220 e. The first-order valence-corrected chi connectivity index (χ1v) is 9.43. The zero-order valence-electron chi connectivity index (χ0n) is 12.4. The highest BCUT2D eigenvalue weighted by Gasteiger charge is 2.16. The second-order valence-corrected chi connectivity index (χ2v) is 7.85. The fourth-order valence-electron chi connectivity index (χ4n) is 3.27. The van der Waals surface area contributed by atoms with Gasteiger partial charge in [0, 0.05) is 8.04 Å². The van der Waals surface area contributed by atoms with E-state index >= 15 is 0 Å². The van der Waals surface area contributed by atoms with Gasteiger partial charge in [-0.3, -0.25) is 8.97 Å². The van der Waals surface area contributed by atoms with E-state index in [0.717, 1.165) is 38.0 Å². The van der Waals surface area contributed by atoms with Crippen molar-refractivity contribution in [3.63, 3.8) is 0 Å². The summed E-state index contributed by atoms with van der Waals surface area (Å²) in [5.41, 5.74) is 5.56. The number of nitrogens with zero attached hydrogens (tertiary/aromatic N) is 3. The van der Waals surface area contributed by atoms with Crippen LogP contribution in [0.1, 0.15) is 0 Å². The third-order valence-electron chi connectivity index (χ3n) is 4.21. The summed E-state index contributed by atoms with van der Waals surface area (Å²) < 4.78 is 6.71. The molecule has 2 aromatic heterocycles. The van der Waals surface area contributed by atoms with Gasteiger partial charge in [0.25, 0.3) is 0 Å². The summed E-state index contributed by atoms with van der Waals surface area (Å²) in [5, 5.41) is 0. The van der Waals surface area contributed by atoms with Crippen molar-refractivity contribution < 1.29 is 0 Å². The molecule has 0 fully saturated rings. The second kappa shape index (κ2) is 5.32. The minimum Gasteiger partial charge on any atom is -0.278 e. The van der Waals surface area contributed by atoms with E-state index in [1.54, 1.807) is 0 Å². The van der Waals surface area contributed by atoms with Crippen LogP contribution in [-0.2, 0) is 0 Å². The molecule has 24 heavy (non-hydrogen) atoms. The van der Waals surface area contributed by atoms with Crippen LogP contribution in [0.4, 0.5) is 0 Å². The summed E-state index contributed by atoms with van der Waals surface area (Å²) in [6.45, 7) is 0. The molecule has 0 unspecified atom stereocenters. The summed E-state index contributed by atoms with van der Waals surface area (Å²) in [4.78, 5) is 4.90. The summed E-state index contributed by atoms with van der Waals surface area (Å²) in [6.07, 6.45) is 0. The lowest BCUT2D eigenvalue weighted by molar-refractivity contribution is 1.10. The van der Waals surface area contributed by atoms with Crippen molar-refractivity contribution in [1.82, 2.24) is 14.0 Å². The van der Waals surface area contributed by atoms with Gasteiger partial charge in [-0.25, -0.2) is 4.98 Å². The van der Waals surface area contributed by atoms with Crippen LogP contribution in [0, 0.1) is 3.57 Å². The summed E-state index contributed by atoms with van der Waals surface area (Å²) >= 11 is 5.96. The molecule has 0 aliphatic heterocycles. The molecule has 0 N–H and O–H groups in total. The van der Waals surface area contributed by atoms with Crippen LogP contribution in [-0.4, -0.2) is 14.0 Å². The molecule has 2 heterocycles. The molecule has 5 rings (SSSR count). The van der Waals surface area contributed by atoms with Gasteiger partial charge in [0.05, 0.1) is 27.8 Å². The second-order valence-electron chi connectivity index (χ2n) is 5.69. The molecule has 0 aliphatic rings. The number of rotatable bonds is 1. The minimum absolute atomic E-state index is 0.936. The Morgan fingerprint density at radius 1 is 0.833 bits per heavy atom. The summed E-state index contributed by atoms with van der Waals surface area (Å²) in [7, 11) is 0. The Morgan fingerprint density at radius 2 is 1.54 bits per heavy atom. The van der Waals surface area contributed by atoms with E-state index in [9.17, 15) is 0 Å². The Kier molecular flexibility index (Phi) is 3.21. The topological polar surface area (TPSA) is 22.2 Å². The van der Waals surface area contributed by atoms with Gasteiger partial charge in [-0.05, 0) is 65.1 Å². The number of para-hydroxylation sites is 4. The van der Waals surface area contributed by atoms with Crippen LogP contribution in [0.2, 0.25) is 0 Å². The number of halogens is 2. The lowest BCUT2D eigenvalue weighted by atomic mass is 10.2. The molecule has 0 amide bonds. The van der Waals surface area contributed by atoms with E-state index in [1.807, 2.05) is 6.07 Å². The average molecular weight is 488 g/mol. The minimum atomic E-state index is 0.936. The van der Waals surface area contributed by atoms with E-state index in [4.69, 9.17) is 4.98 Å². The van der Waals surface area contributed by atoms with Gasteiger partial charge in [0.1, 0.15) is 0 Å². The molecule has 0 spiro atoms. The lowest BCUT2D eigenvalue weighted by Gasteiger charge is -2.06. The maximum absolute atomic E-state index is 4.90. The van der Waals surface area contributed by atoms with Crippen molar-refractivity contribution in [2.45, 2.75) is 0 Å². The first kappa shape index (κ1) is 14.5. The Bertz CT molecular complexity index is 1220. The Morgan fingerprint density at radius 3 is 2.33 bits per heavy atom. The van der Waals surface area contributed by atoms with Crippen molar-refractivity contribution in [1.29, 1.82) is 0 Å². The zero-order chi connectivity index (χ0) is 16.3. The van der Waals surface area contributed by atoms with Crippen LogP contribution in [0.15, 0.2) is 71.2 Å². The normalized spacial score (nSPS) is 11.8. The summed E-state index contributed by atoms with van der Waals surface area (Å²) in [5.74, 6) is 0.936. The third kappa shape index (κ3) is 2.04. The standard InChI is InChI=1S/C19H11BrIN3/c20-12-9-13(21)11-14(10-12)23-17-7-3-4-8-18(17)24-16-6-2-1-5-15(16)22-19(23)24/h1-11H. The van der Waals surface area contributed by atoms with Gasteiger partial charge in [-0.15, -0.1) is 0 Å². The number of fused-ring (bicyclic) bond motifs is 5. The first-order valence-electron chi connectivity index (χ1n) is 7.55. The maximum atomic E-state index is 4.90. The lowest BCUT2D eigenvalue weighted by Crippen LogP contribution is -1.95. The highest BCUT2D eigenvalue weighted by atomic mass is 127. The molecule has 0 atom stereocenters. The molecule has 5 heteroatoms. The van der Waals surface area contributed by atoms with Crippen molar-refractivity contribution in [2.24, 2.45) is 0 Å². The van der Waals surface area contributed by atoms with Crippen molar-refractivity contribution in [3.05, 3.63) is 74.8 Å². The highest BCUT2D eigenvalue weighted by molar-refractivity contribution is 14.1. The molecule has 0 saturated heterocycles. The largest absolute Gasteiger partial charge is 0.278 e. The van der Waals surface area contributed by atoms with Gasteiger partial charge in [0.15, 0.2) is 0 Å². The Labute approximate surface area is 160 Å². The van der Waals surface area contributed by atoms with Gasteiger partial charge >= 0.3 is 0 Å². The van der Waals surface area contributed by atoms with E-state index in [2.05, 4.69) is 108 Å². The molecule has 0 bridgehead atoms. The summed E-state index contributed by atoms with van der Waals surface area (Å²) in [6, 6.07) is 23.1. The molecule has 0 saturated carbocycles. The Balaban J connectivity index is 2.03. The fraction of sp³-hybridized carbons (Fsp3) is 0. The SMILES string of the molecule is Brc1cc(I)cc(-n2c3ccccc3n3c4ccccc4nc23)c1. The number of imidazole rings is 2. The molecule has 0 aliphatic carbocycles. The van der Waals surface area contributed by atoms with Crippen molar-refractivity contribution in [3.8, 4) is 5.69 Å². The fourth-order valence-corrected chi connectivity index (χ4v) is 4.84. The van der Waals surface area contributed by atoms with Gasteiger partial charge in [0.2, 0.25) is 5.78 Å². The van der Waals surface area contributed by atoms with Gasteiger partial charge in [-0.1, -0.05) is 40.2 Å². The number of aromatic nitrogens is 3. The van der Waals surface area contributed by atoms with Gasteiger partial charge < -0.3 is 0 Å². The Hall–Kier alpha value is -1.86. The maximum Gasteiger partial charge on any atom is 0.220 e. The van der Waals surface area contributed by atoms with Crippen molar-refractivity contribution >= 4 is 66.4 Å². The van der Waals surface area contributed by atoms with Crippen LogP contribution in [0.25, 0.3) is 33.5 Å². The third-order valence-corrected chi connectivity index (χ3v) is 5.29. The highest BCUT2D eigenvalue weighted by Crippen LogP contribution is 2.30. The monoisotopic (exact) mass is 487 g/mol. The van der Waals surface area contributed by atoms with E-state index in [-0.39, 0.29) is 0 Å². The van der Waals surface area contributed by atoms with Crippen LogP contribution in [0.3, 0.4) is 0 Å². The zero-order valence-corrected chi connectivity index (χ0v) is 16.2. The first-order chi connectivity index (χ1) is 11.7. The van der Waals surface area contributed by atoms with Crippen LogP contribution >= 0.6 is 38.5 Å². The van der Waals surface area contributed by atoms with E-state index < -0.39 is 0 Å². The molecule has 0 radical (unpaired) electrons. The number of benzene rings is 3.